The van der Waals surface area contributed by atoms with Crippen molar-refractivity contribution in [2.45, 2.75) is 12.6 Å². The molecule has 1 atom stereocenters. The molecule has 0 saturated heterocycles. The van der Waals surface area contributed by atoms with Gasteiger partial charge in [0.1, 0.15) is 17.7 Å². The lowest BCUT2D eigenvalue weighted by Crippen LogP contribution is -2.11. The molecule has 4 heteroatoms. The zero-order valence-electron chi connectivity index (χ0n) is 13.5. The molecule has 0 aliphatic rings. The Bertz CT molecular complexity index is 1010. The summed E-state index contributed by atoms with van der Waals surface area (Å²) >= 11 is 0. The number of benzene rings is 3. The van der Waals surface area contributed by atoms with Gasteiger partial charge >= 0.3 is 0 Å². The maximum Gasteiger partial charge on any atom is 0.143 e. The van der Waals surface area contributed by atoms with E-state index >= 15 is 0 Å². The first-order chi connectivity index (χ1) is 12.2. The average Bonchev–Trinajstić information content (AvgIpc) is 3.02. The third kappa shape index (κ3) is 2.92. The Labute approximate surface area is 145 Å². The second-order valence-electron chi connectivity index (χ2n) is 5.95. The Morgan fingerprint density at radius 2 is 1.56 bits per heavy atom. The number of aromatic nitrogens is 2. The highest BCUT2D eigenvalue weighted by Crippen LogP contribution is 2.27. The van der Waals surface area contributed by atoms with Crippen molar-refractivity contribution in [3.05, 3.63) is 102 Å². The molecule has 3 aromatic carbocycles. The van der Waals surface area contributed by atoms with Crippen molar-refractivity contribution in [1.82, 2.24) is 9.55 Å². The molecule has 4 aromatic rings. The van der Waals surface area contributed by atoms with E-state index in [9.17, 15) is 9.50 Å². The second kappa shape index (κ2) is 6.49. The Morgan fingerprint density at radius 1 is 0.880 bits per heavy atom. The zero-order valence-corrected chi connectivity index (χ0v) is 13.5. The van der Waals surface area contributed by atoms with Gasteiger partial charge in [0.15, 0.2) is 0 Å². The number of aliphatic hydroxyl groups is 1. The molecule has 1 unspecified atom stereocenters. The molecule has 0 fully saturated rings. The fourth-order valence-electron chi connectivity index (χ4n) is 3.05. The van der Waals surface area contributed by atoms with Gasteiger partial charge in [-0.3, -0.25) is 0 Å². The van der Waals surface area contributed by atoms with Crippen molar-refractivity contribution < 1.29 is 9.50 Å². The van der Waals surface area contributed by atoms with Gasteiger partial charge < -0.3 is 9.67 Å². The number of hydrogen-bond acceptors (Lipinski definition) is 2. The standard InChI is InChI=1S/C21H17FN2O/c22-17-11-5-4-10-16(17)14-24-19-13-7-6-12-18(19)23-21(24)20(25)15-8-2-1-3-9-15/h1-13,20,25H,14H2. The van der Waals surface area contributed by atoms with Crippen LogP contribution < -0.4 is 0 Å². The summed E-state index contributed by atoms with van der Waals surface area (Å²) in [6, 6.07) is 23.7. The number of imidazole rings is 1. The van der Waals surface area contributed by atoms with E-state index in [2.05, 4.69) is 4.98 Å². The number of aliphatic hydroxyl groups excluding tert-OH is 1. The largest absolute Gasteiger partial charge is 0.380 e. The first-order valence-electron chi connectivity index (χ1n) is 8.15. The van der Waals surface area contributed by atoms with Gasteiger partial charge in [-0.2, -0.15) is 0 Å². The number of rotatable bonds is 4. The molecule has 0 aliphatic carbocycles. The van der Waals surface area contributed by atoms with Crippen LogP contribution in [0, 0.1) is 5.82 Å². The van der Waals surface area contributed by atoms with E-state index < -0.39 is 6.10 Å². The molecule has 1 N–H and O–H groups in total. The first-order valence-corrected chi connectivity index (χ1v) is 8.15. The highest BCUT2D eigenvalue weighted by molar-refractivity contribution is 5.76. The summed E-state index contributed by atoms with van der Waals surface area (Å²) in [5, 5.41) is 10.8. The van der Waals surface area contributed by atoms with Gasteiger partial charge in [0.25, 0.3) is 0 Å². The number of para-hydroxylation sites is 2. The number of halogens is 1. The van der Waals surface area contributed by atoms with Gasteiger partial charge in [0.2, 0.25) is 0 Å². The minimum atomic E-state index is -0.875. The van der Waals surface area contributed by atoms with Crippen LogP contribution in [0.2, 0.25) is 0 Å². The SMILES string of the molecule is OC(c1ccccc1)c1nc2ccccc2n1Cc1ccccc1F. The molecule has 0 saturated carbocycles. The van der Waals surface area contributed by atoms with E-state index in [1.54, 1.807) is 12.1 Å². The van der Waals surface area contributed by atoms with Crippen LogP contribution in [0.1, 0.15) is 23.1 Å². The highest BCUT2D eigenvalue weighted by atomic mass is 19.1. The molecule has 0 amide bonds. The predicted octanol–water partition coefficient (Wildman–Crippen LogP) is 4.31. The quantitative estimate of drug-likeness (QED) is 0.605. The van der Waals surface area contributed by atoms with E-state index in [0.717, 1.165) is 16.6 Å². The van der Waals surface area contributed by atoms with E-state index in [1.165, 1.54) is 6.07 Å². The molecule has 0 aliphatic heterocycles. The lowest BCUT2D eigenvalue weighted by Gasteiger charge is -2.15. The van der Waals surface area contributed by atoms with Crippen LogP contribution in [-0.2, 0) is 6.54 Å². The molecule has 0 radical (unpaired) electrons. The normalized spacial score (nSPS) is 12.4. The van der Waals surface area contributed by atoms with Crippen LogP contribution in [-0.4, -0.2) is 14.7 Å². The van der Waals surface area contributed by atoms with Gasteiger partial charge in [0, 0.05) is 5.56 Å². The second-order valence-corrected chi connectivity index (χ2v) is 5.95. The Kier molecular flexibility index (Phi) is 4.04. The minimum Gasteiger partial charge on any atom is -0.380 e. The van der Waals surface area contributed by atoms with Crippen molar-refractivity contribution in [2.75, 3.05) is 0 Å². The van der Waals surface area contributed by atoms with Crippen LogP contribution >= 0.6 is 0 Å². The van der Waals surface area contributed by atoms with Crippen molar-refractivity contribution in [2.24, 2.45) is 0 Å². The fourth-order valence-corrected chi connectivity index (χ4v) is 3.05. The van der Waals surface area contributed by atoms with Crippen molar-refractivity contribution in [1.29, 1.82) is 0 Å². The van der Waals surface area contributed by atoms with Crippen LogP contribution in [0.5, 0.6) is 0 Å². The van der Waals surface area contributed by atoms with Crippen LogP contribution in [0.25, 0.3) is 11.0 Å². The number of hydrogen-bond donors (Lipinski definition) is 1. The molecule has 0 spiro atoms. The summed E-state index contributed by atoms with van der Waals surface area (Å²) in [6.45, 7) is 0.312. The van der Waals surface area contributed by atoms with Crippen molar-refractivity contribution >= 4 is 11.0 Å². The van der Waals surface area contributed by atoms with Crippen LogP contribution in [0.4, 0.5) is 4.39 Å². The van der Waals surface area contributed by atoms with E-state index in [0.29, 0.717) is 17.9 Å². The number of nitrogens with zero attached hydrogens (tertiary/aromatic N) is 2. The fraction of sp³-hybridized carbons (Fsp3) is 0.0952. The Hall–Kier alpha value is -2.98. The van der Waals surface area contributed by atoms with E-state index in [4.69, 9.17) is 0 Å². The smallest absolute Gasteiger partial charge is 0.143 e. The highest BCUT2D eigenvalue weighted by Gasteiger charge is 2.20. The Morgan fingerprint density at radius 3 is 2.36 bits per heavy atom. The summed E-state index contributed by atoms with van der Waals surface area (Å²) in [5.41, 5.74) is 2.97. The first kappa shape index (κ1) is 15.5. The minimum absolute atomic E-state index is 0.263. The van der Waals surface area contributed by atoms with Gasteiger partial charge in [0.05, 0.1) is 17.6 Å². The lowest BCUT2D eigenvalue weighted by atomic mass is 10.1. The monoisotopic (exact) mass is 332 g/mol. The van der Waals surface area contributed by atoms with Crippen molar-refractivity contribution in [3.63, 3.8) is 0 Å². The van der Waals surface area contributed by atoms with Gasteiger partial charge in [-0.15, -0.1) is 0 Å². The van der Waals surface area contributed by atoms with E-state index in [-0.39, 0.29) is 5.82 Å². The van der Waals surface area contributed by atoms with Gasteiger partial charge in [-0.25, -0.2) is 9.37 Å². The summed E-state index contributed by atoms with van der Waals surface area (Å²) in [7, 11) is 0. The summed E-state index contributed by atoms with van der Waals surface area (Å²) < 4.78 is 16.0. The molecule has 124 valence electrons. The maximum absolute atomic E-state index is 14.1. The molecule has 1 aromatic heterocycles. The predicted molar refractivity (Wildman–Crippen MR) is 95.7 cm³/mol. The topological polar surface area (TPSA) is 38.1 Å². The molecular weight excluding hydrogens is 315 g/mol. The maximum atomic E-state index is 14.1. The van der Waals surface area contributed by atoms with Crippen LogP contribution in [0.15, 0.2) is 78.9 Å². The molecular formula is C21H17FN2O. The summed E-state index contributed by atoms with van der Waals surface area (Å²) in [5.74, 6) is 0.246. The lowest BCUT2D eigenvalue weighted by molar-refractivity contribution is 0.206. The molecule has 1 heterocycles. The van der Waals surface area contributed by atoms with Gasteiger partial charge in [-0.05, 0) is 23.8 Å². The third-order valence-corrected chi connectivity index (χ3v) is 4.33. The third-order valence-electron chi connectivity index (χ3n) is 4.33. The molecule has 25 heavy (non-hydrogen) atoms. The summed E-state index contributed by atoms with van der Waals surface area (Å²) in [6.07, 6.45) is -0.875. The Balaban J connectivity index is 1.85. The average molecular weight is 332 g/mol. The molecule has 0 bridgehead atoms. The van der Waals surface area contributed by atoms with Crippen molar-refractivity contribution in [3.8, 4) is 0 Å². The molecule has 4 rings (SSSR count). The summed E-state index contributed by atoms with van der Waals surface area (Å²) in [4.78, 5) is 4.61. The van der Waals surface area contributed by atoms with Crippen LogP contribution in [0.3, 0.4) is 0 Å². The molecule has 3 nitrogen and oxygen atoms in total. The number of fused-ring (bicyclic) bond motifs is 1. The zero-order chi connectivity index (χ0) is 17.2. The van der Waals surface area contributed by atoms with Gasteiger partial charge in [-0.1, -0.05) is 60.7 Å². The van der Waals surface area contributed by atoms with E-state index in [1.807, 2.05) is 65.2 Å².